The number of rotatable bonds is 12. The molecule has 3 N–H and O–H groups in total. The predicted molar refractivity (Wildman–Crippen MR) is 127 cm³/mol. The van der Waals surface area contributed by atoms with Crippen LogP contribution in [0.4, 0.5) is 5.69 Å². The van der Waals surface area contributed by atoms with Gasteiger partial charge < -0.3 is 10.4 Å². The van der Waals surface area contributed by atoms with E-state index in [0.29, 0.717) is 24.3 Å². The summed E-state index contributed by atoms with van der Waals surface area (Å²) in [7, 11) is -3.87. The minimum atomic E-state index is -3.87. The number of nitrogens with one attached hydrogen (secondary N) is 2. The zero-order chi connectivity index (χ0) is 22.9. The van der Waals surface area contributed by atoms with Crippen molar-refractivity contribution in [1.82, 2.24) is 4.72 Å². The molecule has 7 nitrogen and oxygen atoms in total. The molecule has 0 saturated carbocycles. The second-order valence-corrected chi connectivity index (χ2v) is 10.7. The van der Waals surface area contributed by atoms with Gasteiger partial charge in [-0.25, -0.2) is 8.42 Å². The molecule has 0 spiro atoms. The predicted octanol–water partition coefficient (Wildman–Crippen LogP) is 3.90. The average molecular weight is 529 g/mol. The molecule has 2 aromatic carbocycles. The summed E-state index contributed by atoms with van der Waals surface area (Å²) in [6, 6.07) is 12.1. The second-order valence-electron chi connectivity index (χ2n) is 6.69. The van der Waals surface area contributed by atoms with Crippen LogP contribution >= 0.6 is 27.7 Å². The molecule has 0 aliphatic carbocycles. The van der Waals surface area contributed by atoms with Crippen LogP contribution in [0, 0.1) is 0 Å². The summed E-state index contributed by atoms with van der Waals surface area (Å²) in [4.78, 5) is 23.6. The largest absolute Gasteiger partial charge is 0.481 e. The van der Waals surface area contributed by atoms with Gasteiger partial charge in [-0.2, -0.15) is 16.5 Å². The average Bonchev–Trinajstić information content (AvgIpc) is 2.73. The van der Waals surface area contributed by atoms with E-state index in [1.54, 1.807) is 48.2 Å². The number of thioether (sulfide) groups is 1. The van der Waals surface area contributed by atoms with Crippen LogP contribution in [0.3, 0.4) is 0 Å². The van der Waals surface area contributed by atoms with Crippen molar-refractivity contribution in [1.29, 1.82) is 0 Å². The van der Waals surface area contributed by atoms with Gasteiger partial charge in [0.1, 0.15) is 6.04 Å². The fourth-order valence-electron chi connectivity index (χ4n) is 2.69. The third-order valence-corrected chi connectivity index (χ3v) is 7.29. The van der Waals surface area contributed by atoms with E-state index in [0.717, 1.165) is 15.8 Å². The molecule has 0 heterocycles. The van der Waals surface area contributed by atoms with Gasteiger partial charge in [-0.05, 0) is 66.3 Å². The van der Waals surface area contributed by atoms with Gasteiger partial charge in [-0.1, -0.05) is 35.0 Å². The fourth-order valence-corrected chi connectivity index (χ4v) is 4.88. The molecule has 31 heavy (non-hydrogen) atoms. The highest BCUT2D eigenvalue weighted by atomic mass is 79.9. The molecule has 1 atom stereocenters. The quantitative estimate of drug-likeness (QED) is 0.360. The van der Waals surface area contributed by atoms with Crippen LogP contribution in [-0.2, 0) is 26.0 Å². The van der Waals surface area contributed by atoms with Gasteiger partial charge in [0.2, 0.25) is 15.9 Å². The van der Waals surface area contributed by atoms with E-state index in [9.17, 15) is 18.0 Å². The van der Waals surface area contributed by atoms with Gasteiger partial charge in [0.25, 0.3) is 0 Å². The first-order valence-corrected chi connectivity index (χ1v) is 13.1. The van der Waals surface area contributed by atoms with Crippen LogP contribution in [0.25, 0.3) is 0 Å². The lowest BCUT2D eigenvalue weighted by Gasteiger charge is -2.18. The number of sulfonamides is 1. The molecule has 2 aromatic rings. The minimum Gasteiger partial charge on any atom is -0.481 e. The standard InChI is InChI=1S/C21H25BrN2O5S2/c1-2-30-14-13-19(24-31(28,29)18-10-6-16(22)7-11-18)21(27)23-17-8-3-15(4-9-17)5-12-20(25)26/h3-4,6-11,19,24H,2,5,12-14H2,1H3,(H,23,27)(H,25,26). The smallest absolute Gasteiger partial charge is 0.303 e. The monoisotopic (exact) mass is 528 g/mol. The van der Waals surface area contributed by atoms with E-state index in [1.807, 2.05) is 6.92 Å². The number of aryl methyl sites for hydroxylation is 1. The lowest BCUT2D eigenvalue weighted by molar-refractivity contribution is -0.137. The molecule has 1 unspecified atom stereocenters. The maximum Gasteiger partial charge on any atom is 0.303 e. The molecule has 0 aliphatic heterocycles. The lowest BCUT2D eigenvalue weighted by Crippen LogP contribution is -2.44. The van der Waals surface area contributed by atoms with Crippen molar-refractivity contribution in [2.75, 3.05) is 16.8 Å². The molecule has 0 aromatic heterocycles. The Morgan fingerprint density at radius 3 is 2.32 bits per heavy atom. The zero-order valence-electron chi connectivity index (χ0n) is 17.0. The number of carbonyl (C=O) groups is 2. The van der Waals surface area contributed by atoms with Crippen LogP contribution < -0.4 is 10.0 Å². The van der Waals surface area contributed by atoms with Gasteiger partial charge >= 0.3 is 5.97 Å². The van der Waals surface area contributed by atoms with E-state index >= 15 is 0 Å². The summed E-state index contributed by atoms with van der Waals surface area (Å²) < 4.78 is 28.8. The van der Waals surface area contributed by atoms with Crippen molar-refractivity contribution in [2.45, 2.75) is 37.1 Å². The summed E-state index contributed by atoms with van der Waals surface area (Å²) in [6.45, 7) is 2.00. The van der Waals surface area contributed by atoms with E-state index in [-0.39, 0.29) is 11.3 Å². The van der Waals surface area contributed by atoms with Gasteiger partial charge in [-0.15, -0.1) is 0 Å². The van der Waals surface area contributed by atoms with E-state index in [4.69, 9.17) is 5.11 Å². The Kier molecular flexibility index (Phi) is 10.0. The number of amides is 1. The summed E-state index contributed by atoms with van der Waals surface area (Å²) >= 11 is 4.90. The van der Waals surface area contributed by atoms with Crippen LogP contribution in [0.15, 0.2) is 57.9 Å². The highest BCUT2D eigenvalue weighted by Gasteiger charge is 2.25. The van der Waals surface area contributed by atoms with Crippen molar-refractivity contribution in [2.24, 2.45) is 0 Å². The summed E-state index contributed by atoms with van der Waals surface area (Å²) in [5, 5.41) is 11.5. The maximum absolute atomic E-state index is 12.8. The third kappa shape index (κ3) is 8.64. The van der Waals surface area contributed by atoms with E-state index in [1.165, 1.54) is 12.1 Å². The van der Waals surface area contributed by atoms with Crippen LogP contribution in [0.5, 0.6) is 0 Å². The molecule has 0 fully saturated rings. The molecule has 1 amide bonds. The Morgan fingerprint density at radius 1 is 1.10 bits per heavy atom. The second kappa shape index (κ2) is 12.2. The maximum atomic E-state index is 12.8. The van der Waals surface area contributed by atoms with Crippen molar-refractivity contribution in [3.05, 3.63) is 58.6 Å². The minimum absolute atomic E-state index is 0.0285. The fraction of sp³-hybridized carbons (Fsp3) is 0.333. The number of halogens is 1. The summed E-state index contributed by atoms with van der Waals surface area (Å²) in [5.74, 6) is 0.177. The molecule has 168 valence electrons. The molecule has 10 heteroatoms. The Labute approximate surface area is 195 Å². The Hall–Kier alpha value is -1.88. The molecule has 2 rings (SSSR count). The van der Waals surface area contributed by atoms with E-state index in [2.05, 4.69) is 26.0 Å². The molecule has 0 saturated heterocycles. The van der Waals surface area contributed by atoms with Crippen molar-refractivity contribution in [3.63, 3.8) is 0 Å². The molecule has 0 bridgehead atoms. The number of carbonyl (C=O) groups excluding carboxylic acids is 1. The normalized spacial score (nSPS) is 12.3. The van der Waals surface area contributed by atoms with Crippen LogP contribution in [-0.4, -0.2) is 42.9 Å². The first kappa shape index (κ1) is 25.4. The van der Waals surface area contributed by atoms with Gasteiger partial charge in [0.05, 0.1) is 4.90 Å². The Morgan fingerprint density at radius 2 is 1.74 bits per heavy atom. The van der Waals surface area contributed by atoms with Crippen LogP contribution in [0.2, 0.25) is 0 Å². The Balaban J connectivity index is 2.10. The molecule has 0 aliphatic rings. The van der Waals surface area contributed by atoms with Crippen molar-refractivity contribution < 1.29 is 23.1 Å². The first-order chi connectivity index (χ1) is 14.7. The number of benzene rings is 2. The zero-order valence-corrected chi connectivity index (χ0v) is 20.2. The van der Waals surface area contributed by atoms with Gasteiger partial charge in [0.15, 0.2) is 0 Å². The third-order valence-electron chi connectivity index (χ3n) is 4.34. The highest BCUT2D eigenvalue weighted by Crippen LogP contribution is 2.17. The number of hydrogen-bond acceptors (Lipinski definition) is 5. The summed E-state index contributed by atoms with van der Waals surface area (Å²) in [5.41, 5.74) is 1.35. The lowest BCUT2D eigenvalue weighted by atomic mass is 10.1. The molecular formula is C21H25BrN2O5S2. The number of aliphatic carboxylic acids is 1. The van der Waals surface area contributed by atoms with Gasteiger partial charge in [-0.3, -0.25) is 9.59 Å². The van der Waals surface area contributed by atoms with Crippen molar-refractivity contribution >= 4 is 55.3 Å². The van der Waals surface area contributed by atoms with E-state index < -0.39 is 27.9 Å². The molecular weight excluding hydrogens is 504 g/mol. The van der Waals surface area contributed by atoms with Crippen LogP contribution in [0.1, 0.15) is 25.3 Å². The Bertz CT molecular complexity index is 980. The van der Waals surface area contributed by atoms with Gasteiger partial charge in [0, 0.05) is 16.6 Å². The number of hydrogen-bond donors (Lipinski definition) is 3. The number of anilines is 1. The topological polar surface area (TPSA) is 113 Å². The SMILES string of the molecule is CCSCCC(NS(=O)(=O)c1ccc(Br)cc1)C(=O)Nc1ccc(CCC(=O)O)cc1. The number of carboxylic acid groups (broad SMARTS) is 1. The summed E-state index contributed by atoms with van der Waals surface area (Å²) in [6.07, 6.45) is 0.769. The molecule has 0 radical (unpaired) electrons. The highest BCUT2D eigenvalue weighted by molar-refractivity contribution is 9.10. The van der Waals surface area contributed by atoms with Crippen molar-refractivity contribution in [3.8, 4) is 0 Å². The number of carboxylic acids is 1. The first-order valence-electron chi connectivity index (χ1n) is 9.68.